The monoisotopic (exact) mass is 301 g/mol. The zero-order valence-electron chi connectivity index (χ0n) is 12.6. The third-order valence-electron chi connectivity index (χ3n) is 4.40. The van der Waals surface area contributed by atoms with Crippen LogP contribution >= 0.6 is 0 Å². The number of aromatic amines is 1. The number of urea groups is 1. The topological polar surface area (TPSA) is 77.2 Å². The normalized spacial score (nSPS) is 21.7. The Morgan fingerprint density at radius 2 is 2.09 bits per heavy atom. The second-order valence-corrected chi connectivity index (χ2v) is 5.97. The van der Waals surface area contributed by atoms with Crippen molar-refractivity contribution >= 4 is 16.9 Å². The molecule has 2 atom stereocenters. The molecule has 1 aromatic carbocycles. The third kappa shape index (κ3) is 3.42. The summed E-state index contributed by atoms with van der Waals surface area (Å²) in [5.74, 6) is 0. The number of carbonyl (C=O) groups is 1. The van der Waals surface area contributed by atoms with E-state index in [2.05, 4.69) is 21.7 Å². The molecule has 118 valence electrons. The van der Waals surface area contributed by atoms with Crippen LogP contribution in [0.1, 0.15) is 31.2 Å². The van der Waals surface area contributed by atoms with Crippen molar-refractivity contribution in [3.63, 3.8) is 0 Å². The first-order valence-electron chi connectivity index (χ1n) is 8.01. The smallest absolute Gasteiger partial charge is 0.315 e. The minimum absolute atomic E-state index is 0.109. The zero-order valence-corrected chi connectivity index (χ0v) is 12.6. The van der Waals surface area contributed by atoms with Crippen LogP contribution in [0.4, 0.5) is 4.79 Å². The van der Waals surface area contributed by atoms with Crippen LogP contribution in [0.15, 0.2) is 30.5 Å². The van der Waals surface area contributed by atoms with E-state index >= 15 is 0 Å². The van der Waals surface area contributed by atoms with Gasteiger partial charge in [0.25, 0.3) is 0 Å². The van der Waals surface area contributed by atoms with E-state index in [4.69, 9.17) is 0 Å². The molecule has 0 aliphatic heterocycles. The molecular formula is C17H23N3O2. The first-order chi connectivity index (χ1) is 10.7. The van der Waals surface area contributed by atoms with Crippen LogP contribution in [-0.4, -0.2) is 34.8 Å². The van der Waals surface area contributed by atoms with Crippen molar-refractivity contribution in [1.82, 2.24) is 15.6 Å². The number of rotatable bonds is 4. The van der Waals surface area contributed by atoms with Gasteiger partial charge in [-0.3, -0.25) is 0 Å². The van der Waals surface area contributed by atoms with Crippen LogP contribution in [0.5, 0.6) is 0 Å². The first-order valence-corrected chi connectivity index (χ1v) is 8.01. The maximum Gasteiger partial charge on any atom is 0.315 e. The summed E-state index contributed by atoms with van der Waals surface area (Å²) in [5.41, 5.74) is 2.32. The average molecular weight is 301 g/mol. The van der Waals surface area contributed by atoms with Gasteiger partial charge < -0.3 is 20.7 Å². The van der Waals surface area contributed by atoms with Crippen LogP contribution in [0, 0.1) is 0 Å². The molecule has 1 heterocycles. The molecule has 1 fully saturated rings. The summed E-state index contributed by atoms with van der Waals surface area (Å²) in [6.45, 7) is 0.580. The average Bonchev–Trinajstić information content (AvgIpc) is 2.93. The lowest BCUT2D eigenvalue weighted by Crippen LogP contribution is -2.49. The predicted molar refractivity (Wildman–Crippen MR) is 86.8 cm³/mol. The molecule has 1 aliphatic carbocycles. The number of amides is 2. The molecule has 0 bridgehead atoms. The number of benzene rings is 1. The van der Waals surface area contributed by atoms with E-state index in [1.54, 1.807) is 0 Å². The van der Waals surface area contributed by atoms with Gasteiger partial charge in [-0.05, 0) is 30.9 Å². The van der Waals surface area contributed by atoms with Gasteiger partial charge in [-0.1, -0.05) is 31.0 Å². The minimum Gasteiger partial charge on any atom is -0.391 e. The van der Waals surface area contributed by atoms with E-state index in [0.717, 1.165) is 37.6 Å². The molecule has 0 spiro atoms. The van der Waals surface area contributed by atoms with Gasteiger partial charge in [0.05, 0.1) is 12.1 Å². The number of nitrogens with one attached hydrogen (secondary N) is 3. The highest BCUT2D eigenvalue weighted by atomic mass is 16.3. The number of hydrogen-bond donors (Lipinski definition) is 4. The number of hydrogen-bond acceptors (Lipinski definition) is 2. The molecule has 22 heavy (non-hydrogen) atoms. The molecule has 4 N–H and O–H groups in total. The highest BCUT2D eigenvalue weighted by molar-refractivity contribution is 5.83. The molecule has 2 unspecified atom stereocenters. The SMILES string of the molecule is O=C(NCCc1c[nH]c2ccccc12)NC1CCCCC1O. The number of para-hydroxylation sites is 1. The van der Waals surface area contributed by atoms with E-state index in [1.807, 2.05) is 24.4 Å². The van der Waals surface area contributed by atoms with Crippen LogP contribution in [0.25, 0.3) is 10.9 Å². The van der Waals surface area contributed by atoms with Gasteiger partial charge in [0.15, 0.2) is 0 Å². The van der Waals surface area contributed by atoms with Gasteiger partial charge in [0, 0.05) is 23.6 Å². The minimum atomic E-state index is -0.409. The fourth-order valence-electron chi connectivity index (χ4n) is 3.15. The second-order valence-electron chi connectivity index (χ2n) is 5.97. The van der Waals surface area contributed by atoms with Crippen LogP contribution in [0.2, 0.25) is 0 Å². The fraction of sp³-hybridized carbons (Fsp3) is 0.471. The summed E-state index contributed by atoms with van der Waals surface area (Å²) in [7, 11) is 0. The van der Waals surface area contributed by atoms with Crippen molar-refractivity contribution in [1.29, 1.82) is 0 Å². The highest BCUT2D eigenvalue weighted by Gasteiger charge is 2.24. The lowest BCUT2D eigenvalue weighted by Gasteiger charge is -2.28. The van der Waals surface area contributed by atoms with Gasteiger partial charge in [-0.25, -0.2) is 4.79 Å². The number of aliphatic hydroxyl groups is 1. The number of fused-ring (bicyclic) bond motifs is 1. The number of aromatic nitrogens is 1. The van der Waals surface area contributed by atoms with E-state index in [0.29, 0.717) is 6.54 Å². The van der Waals surface area contributed by atoms with E-state index in [1.165, 1.54) is 10.9 Å². The lowest BCUT2D eigenvalue weighted by molar-refractivity contribution is 0.0943. The molecule has 1 saturated carbocycles. The van der Waals surface area contributed by atoms with Gasteiger partial charge in [-0.2, -0.15) is 0 Å². The van der Waals surface area contributed by atoms with Crippen LogP contribution in [-0.2, 0) is 6.42 Å². The molecule has 5 nitrogen and oxygen atoms in total. The number of carbonyl (C=O) groups excluding carboxylic acids is 1. The quantitative estimate of drug-likeness (QED) is 0.699. The second kappa shape index (κ2) is 6.83. The van der Waals surface area contributed by atoms with Crippen molar-refractivity contribution in [2.75, 3.05) is 6.54 Å². The van der Waals surface area contributed by atoms with Crippen molar-refractivity contribution in [2.45, 2.75) is 44.2 Å². The van der Waals surface area contributed by atoms with Gasteiger partial charge >= 0.3 is 6.03 Å². The van der Waals surface area contributed by atoms with Gasteiger partial charge in [0.1, 0.15) is 0 Å². The summed E-state index contributed by atoms with van der Waals surface area (Å²) in [6, 6.07) is 7.85. The van der Waals surface area contributed by atoms with Crippen molar-refractivity contribution < 1.29 is 9.90 Å². The summed E-state index contributed by atoms with van der Waals surface area (Å²) < 4.78 is 0. The Morgan fingerprint density at radius 1 is 1.27 bits per heavy atom. The summed E-state index contributed by atoms with van der Waals surface area (Å²) >= 11 is 0. The maximum atomic E-state index is 11.9. The summed E-state index contributed by atoms with van der Waals surface area (Å²) in [5, 5.41) is 16.8. The van der Waals surface area contributed by atoms with Gasteiger partial charge in [-0.15, -0.1) is 0 Å². The Hall–Kier alpha value is -2.01. The molecule has 3 rings (SSSR count). The first kappa shape index (κ1) is 14.9. The Kier molecular flexibility index (Phi) is 4.63. The molecule has 1 aromatic heterocycles. The number of H-pyrrole nitrogens is 1. The van der Waals surface area contributed by atoms with E-state index < -0.39 is 6.10 Å². The Morgan fingerprint density at radius 3 is 2.95 bits per heavy atom. The van der Waals surface area contributed by atoms with Crippen molar-refractivity contribution in [3.8, 4) is 0 Å². The molecule has 0 radical (unpaired) electrons. The molecule has 1 aliphatic rings. The van der Waals surface area contributed by atoms with Crippen LogP contribution in [0.3, 0.4) is 0 Å². The Labute approximate surface area is 130 Å². The molecule has 2 amide bonds. The molecular weight excluding hydrogens is 278 g/mol. The molecule has 0 saturated heterocycles. The third-order valence-corrected chi connectivity index (χ3v) is 4.40. The van der Waals surface area contributed by atoms with Crippen molar-refractivity contribution in [2.24, 2.45) is 0 Å². The Bertz CT molecular complexity index is 638. The molecule has 5 heteroatoms. The zero-order chi connectivity index (χ0) is 15.4. The standard InChI is InChI=1S/C17H23N3O2/c21-16-8-4-3-7-15(16)20-17(22)18-10-9-12-11-19-14-6-2-1-5-13(12)14/h1-2,5-6,11,15-16,19,21H,3-4,7-10H2,(H2,18,20,22). The summed E-state index contributed by atoms with van der Waals surface area (Å²) in [4.78, 5) is 15.1. The predicted octanol–water partition coefficient (Wildman–Crippen LogP) is 2.31. The van der Waals surface area contributed by atoms with Crippen molar-refractivity contribution in [3.05, 3.63) is 36.0 Å². The van der Waals surface area contributed by atoms with Crippen LogP contribution < -0.4 is 10.6 Å². The number of aliphatic hydroxyl groups excluding tert-OH is 1. The Balaban J connectivity index is 1.47. The maximum absolute atomic E-state index is 11.9. The molecule has 2 aromatic rings. The fourth-order valence-corrected chi connectivity index (χ4v) is 3.15. The summed E-state index contributed by atoms with van der Waals surface area (Å²) in [6.07, 6.45) is 6.11. The van der Waals surface area contributed by atoms with E-state index in [-0.39, 0.29) is 12.1 Å². The van der Waals surface area contributed by atoms with Gasteiger partial charge in [0.2, 0.25) is 0 Å². The largest absolute Gasteiger partial charge is 0.391 e. The van der Waals surface area contributed by atoms with E-state index in [9.17, 15) is 9.90 Å². The lowest BCUT2D eigenvalue weighted by atomic mass is 9.93. The highest BCUT2D eigenvalue weighted by Crippen LogP contribution is 2.19.